The Kier molecular flexibility index (Phi) is 4.34. The topological polar surface area (TPSA) is 36.4 Å². The first-order chi connectivity index (χ1) is 7.79. The molecule has 0 aliphatic heterocycles. The molecule has 0 saturated carbocycles. The summed E-state index contributed by atoms with van der Waals surface area (Å²) in [6.45, 7) is 1.44. The van der Waals surface area contributed by atoms with Crippen LogP contribution in [0.5, 0.6) is 0 Å². The summed E-state index contributed by atoms with van der Waals surface area (Å²) in [5.74, 6) is 0.424. The van der Waals surface area contributed by atoms with Gasteiger partial charge in [-0.3, -0.25) is 0 Å². The number of hydrogen-bond acceptors (Lipinski definition) is 3. The maximum atomic E-state index is 12.1. The second-order valence-electron chi connectivity index (χ2n) is 3.91. The predicted molar refractivity (Wildman–Crippen MR) is 58.8 cm³/mol. The van der Waals surface area contributed by atoms with E-state index in [0.29, 0.717) is 11.4 Å². The number of nitrogens with zero attached hydrogens (tertiary/aromatic N) is 2. The molecule has 0 saturated heterocycles. The lowest BCUT2D eigenvalue weighted by Crippen LogP contribution is -2.24. The van der Waals surface area contributed by atoms with Gasteiger partial charge in [0.1, 0.15) is 5.82 Å². The molecule has 0 amide bonds. The van der Waals surface area contributed by atoms with Crippen LogP contribution in [-0.4, -0.2) is 29.9 Å². The maximum absolute atomic E-state index is 12.1. The molecular formula is C11H15F3N2O. The van der Waals surface area contributed by atoms with Crippen LogP contribution in [-0.2, 0) is 0 Å². The number of aliphatic hydroxyl groups excluding tert-OH is 1. The van der Waals surface area contributed by atoms with E-state index in [0.717, 1.165) is 0 Å². The summed E-state index contributed by atoms with van der Waals surface area (Å²) in [5.41, 5.74) is 0.633. The molecule has 0 radical (unpaired) electrons. The van der Waals surface area contributed by atoms with Gasteiger partial charge in [-0.25, -0.2) is 4.98 Å². The van der Waals surface area contributed by atoms with E-state index in [1.807, 2.05) is 0 Å². The molecule has 0 fully saturated rings. The summed E-state index contributed by atoms with van der Waals surface area (Å²) >= 11 is 0. The van der Waals surface area contributed by atoms with Gasteiger partial charge in [-0.1, -0.05) is 0 Å². The number of hydrogen-bond donors (Lipinski definition) is 1. The molecule has 1 N–H and O–H groups in total. The van der Waals surface area contributed by atoms with E-state index in [4.69, 9.17) is 0 Å². The molecule has 0 spiro atoms. The molecule has 17 heavy (non-hydrogen) atoms. The smallest absolute Gasteiger partial charge is 0.389 e. The Morgan fingerprint density at radius 2 is 2.12 bits per heavy atom. The Morgan fingerprint density at radius 1 is 1.47 bits per heavy atom. The second-order valence-corrected chi connectivity index (χ2v) is 3.91. The number of halogens is 3. The van der Waals surface area contributed by atoms with Gasteiger partial charge >= 0.3 is 6.18 Å². The van der Waals surface area contributed by atoms with Gasteiger partial charge in [-0.2, -0.15) is 13.2 Å². The minimum atomic E-state index is -4.17. The number of anilines is 1. The van der Waals surface area contributed by atoms with E-state index in [1.54, 1.807) is 26.1 Å². The molecule has 1 aromatic heterocycles. The molecule has 3 nitrogen and oxygen atoms in total. The third kappa shape index (κ3) is 4.60. The van der Waals surface area contributed by atoms with E-state index in [-0.39, 0.29) is 6.54 Å². The number of aromatic nitrogens is 1. The number of rotatable bonds is 4. The zero-order valence-corrected chi connectivity index (χ0v) is 9.70. The predicted octanol–water partition coefficient (Wildman–Crippen LogP) is 2.52. The lowest BCUT2D eigenvalue weighted by atomic mass is 10.1. The highest BCUT2D eigenvalue weighted by Crippen LogP contribution is 2.22. The fraction of sp³-hybridized carbons (Fsp3) is 0.545. The molecule has 96 valence electrons. The van der Waals surface area contributed by atoms with Crippen LogP contribution < -0.4 is 4.90 Å². The van der Waals surface area contributed by atoms with Crippen LogP contribution in [0.1, 0.15) is 25.0 Å². The van der Waals surface area contributed by atoms with E-state index in [1.165, 1.54) is 11.1 Å². The Balaban J connectivity index is 2.69. The van der Waals surface area contributed by atoms with Gasteiger partial charge in [-0.05, 0) is 24.6 Å². The summed E-state index contributed by atoms with van der Waals surface area (Å²) in [6, 6.07) is 3.22. The lowest BCUT2D eigenvalue weighted by molar-refractivity contribution is -0.132. The van der Waals surface area contributed by atoms with E-state index in [2.05, 4.69) is 4.98 Å². The van der Waals surface area contributed by atoms with Crippen molar-refractivity contribution in [2.24, 2.45) is 0 Å². The van der Waals surface area contributed by atoms with Gasteiger partial charge in [0, 0.05) is 19.8 Å². The van der Waals surface area contributed by atoms with Crippen LogP contribution in [0.25, 0.3) is 0 Å². The summed E-state index contributed by atoms with van der Waals surface area (Å²) in [7, 11) is 1.54. The summed E-state index contributed by atoms with van der Waals surface area (Å²) in [5, 5.41) is 9.36. The highest BCUT2D eigenvalue weighted by Gasteiger charge is 2.27. The zero-order valence-electron chi connectivity index (χ0n) is 9.70. The average molecular weight is 248 g/mol. The Bertz CT molecular complexity index is 366. The molecule has 6 heteroatoms. The molecule has 0 aromatic carbocycles. The molecule has 1 atom stereocenters. The SMILES string of the molecule is CC(O)c1ccnc(N(C)CCC(F)(F)F)c1. The molecule has 1 unspecified atom stereocenters. The standard InChI is InChI=1S/C11H15F3N2O/c1-8(17)9-3-5-15-10(7-9)16(2)6-4-11(12,13)14/h3,5,7-8,17H,4,6H2,1-2H3. The first kappa shape index (κ1) is 13.8. The van der Waals surface area contributed by atoms with Crippen molar-refractivity contribution in [3.05, 3.63) is 23.9 Å². The number of pyridine rings is 1. The third-order valence-corrected chi connectivity index (χ3v) is 2.37. The number of alkyl halides is 3. The summed E-state index contributed by atoms with van der Waals surface area (Å²) < 4.78 is 36.2. The molecule has 0 aliphatic carbocycles. The van der Waals surface area contributed by atoms with Crippen LogP contribution in [0.4, 0.5) is 19.0 Å². The van der Waals surface area contributed by atoms with Crippen molar-refractivity contribution in [1.29, 1.82) is 0 Å². The van der Waals surface area contributed by atoms with Crippen molar-refractivity contribution in [2.75, 3.05) is 18.5 Å². The normalized spacial score (nSPS) is 13.5. The van der Waals surface area contributed by atoms with Gasteiger partial charge in [0.15, 0.2) is 0 Å². The first-order valence-corrected chi connectivity index (χ1v) is 5.21. The van der Waals surface area contributed by atoms with Crippen molar-refractivity contribution in [3.8, 4) is 0 Å². The van der Waals surface area contributed by atoms with Gasteiger partial charge in [-0.15, -0.1) is 0 Å². The van der Waals surface area contributed by atoms with Crippen LogP contribution in [0, 0.1) is 0 Å². The van der Waals surface area contributed by atoms with Crippen molar-refractivity contribution >= 4 is 5.82 Å². The Morgan fingerprint density at radius 3 is 2.65 bits per heavy atom. The van der Waals surface area contributed by atoms with Gasteiger partial charge < -0.3 is 10.0 Å². The van der Waals surface area contributed by atoms with Gasteiger partial charge in [0.05, 0.1) is 12.5 Å². The van der Waals surface area contributed by atoms with Crippen molar-refractivity contribution in [3.63, 3.8) is 0 Å². The molecule has 0 aliphatic rings. The third-order valence-electron chi connectivity index (χ3n) is 2.37. The molecular weight excluding hydrogens is 233 g/mol. The van der Waals surface area contributed by atoms with Crippen molar-refractivity contribution in [1.82, 2.24) is 4.98 Å². The molecule has 1 heterocycles. The van der Waals surface area contributed by atoms with Gasteiger partial charge in [0.2, 0.25) is 0 Å². The Hall–Kier alpha value is -1.30. The summed E-state index contributed by atoms with van der Waals surface area (Å²) in [6.07, 6.45) is -4.24. The fourth-order valence-electron chi connectivity index (χ4n) is 1.31. The first-order valence-electron chi connectivity index (χ1n) is 5.21. The second kappa shape index (κ2) is 5.35. The van der Waals surface area contributed by atoms with Crippen LogP contribution >= 0.6 is 0 Å². The van der Waals surface area contributed by atoms with Crippen molar-refractivity contribution in [2.45, 2.75) is 25.6 Å². The quantitative estimate of drug-likeness (QED) is 0.889. The van der Waals surface area contributed by atoms with Crippen LogP contribution in [0.3, 0.4) is 0 Å². The fourth-order valence-corrected chi connectivity index (χ4v) is 1.31. The van der Waals surface area contributed by atoms with E-state index in [9.17, 15) is 18.3 Å². The molecule has 0 bridgehead atoms. The highest BCUT2D eigenvalue weighted by atomic mass is 19.4. The highest BCUT2D eigenvalue weighted by molar-refractivity contribution is 5.40. The van der Waals surface area contributed by atoms with E-state index < -0.39 is 18.7 Å². The minimum absolute atomic E-state index is 0.153. The zero-order chi connectivity index (χ0) is 13.1. The largest absolute Gasteiger partial charge is 0.390 e. The Labute approximate surface area is 97.9 Å². The van der Waals surface area contributed by atoms with Crippen LogP contribution in [0.15, 0.2) is 18.3 Å². The molecule has 1 aromatic rings. The molecule has 1 rings (SSSR count). The average Bonchev–Trinajstić information content (AvgIpc) is 2.25. The van der Waals surface area contributed by atoms with Gasteiger partial charge in [0.25, 0.3) is 0 Å². The lowest BCUT2D eigenvalue weighted by Gasteiger charge is -2.19. The van der Waals surface area contributed by atoms with Crippen molar-refractivity contribution < 1.29 is 18.3 Å². The minimum Gasteiger partial charge on any atom is -0.389 e. The number of aliphatic hydroxyl groups is 1. The van der Waals surface area contributed by atoms with Crippen LogP contribution in [0.2, 0.25) is 0 Å². The maximum Gasteiger partial charge on any atom is 0.390 e. The monoisotopic (exact) mass is 248 g/mol. The summed E-state index contributed by atoms with van der Waals surface area (Å²) in [4.78, 5) is 5.39. The van der Waals surface area contributed by atoms with E-state index >= 15 is 0 Å².